The van der Waals surface area contributed by atoms with E-state index in [9.17, 15) is 9.59 Å². The van der Waals surface area contributed by atoms with E-state index in [0.29, 0.717) is 29.1 Å². The number of Topliss-reactive ketones (excluding diaryl/α,β-unsaturated/α-hetero) is 1. The molecule has 1 aromatic carbocycles. The molecule has 0 amide bonds. The monoisotopic (exact) mass is 392 g/mol. The van der Waals surface area contributed by atoms with Crippen LogP contribution in [0.4, 0.5) is 5.69 Å². The van der Waals surface area contributed by atoms with Gasteiger partial charge in [-0.1, -0.05) is 15.9 Å². The zero-order valence-corrected chi connectivity index (χ0v) is 15.8. The first-order valence-electron chi connectivity index (χ1n) is 7.77. The normalized spacial score (nSPS) is 11.9. The number of aryl methyl sites for hydroxylation is 1. The Kier molecular flexibility index (Phi) is 5.83. The van der Waals surface area contributed by atoms with E-state index in [1.54, 1.807) is 27.7 Å². The number of aromatic nitrogens is 1. The van der Waals surface area contributed by atoms with Gasteiger partial charge in [-0.15, -0.1) is 0 Å². The van der Waals surface area contributed by atoms with Crippen molar-refractivity contribution in [1.29, 1.82) is 0 Å². The topological polar surface area (TPSA) is 71.2 Å². The standard InChI is InChI=1S/C18H21BrN2O3/c1-5-24-18(23)15-10(2)16(21-11(15)3)17(22)12(4)20-14-8-6-13(19)7-9-14/h6-9,12,20-21H,5H2,1-4H3/t12-/m1/s1. The number of benzene rings is 1. The molecule has 0 bridgehead atoms. The molecule has 128 valence electrons. The number of nitrogens with one attached hydrogen (secondary N) is 2. The van der Waals surface area contributed by atoms with Gasteiger partial charge in [-0.2, -0.15) is 0 Å². The molecule has 5 nitrogen and oxygen atoms in total. The SMILES string of the molecule is CCOC(=O)c1c(C)[nH]c(C(=O)[C@@H](C)Nc2ccc(Br)cc2)c1C. The summed E-state index contributed by atoms with van der Waals surface area (Å²) < 4.78 is 6.03. The summed E-state index contributed by atoms with van der Waals surface area (Å²) in [7, 11) is 0. The van der Waals surface area contributed by atoms with Gasteiger partial charge in [-0.25, -0.2) is 4.79 Å². The summed E-state index contributed by atoms with van der Waals surface area (Å²) in [5.74, 6) is -0.509. The number of aromatic amines is 1. The lowest BCUT2D eigenvalue weighted by molar-refractivity contribution is 0.0525. The predicted octanol–water partition coefficient (Wildman–Crippen LogP) is 4.25. The molecule has 1 heterocycles. The predicted molar refractivity (Wildman–Crippen MR) is 97.8 cm³/mol. The highest BCUT2D eigenvalue weighted by molar-refractivity contribution is 9.10. The Morgan fingerprint density at radius 2 is 1.88 bits per heavy atom. The molecule has 0 unspecified atom stereocenters. The highest BCUT2D eigenvalue weighted by Crippen LogP contribution is 2.22. The molecule has 0 aliphatic heterocycles. The summed E-state index contributed by atoms with van der Waals surface area (Å²) in [6.07, 6.45) is 0. The fraction of sp³-hybridized carbons (Fsp3) is 0.333. The van der Waals surface area contributed by atoms with Crippen LogP contribution >= 0.6 is 15.9 Å². The number of ketones is 1. The highest BCUT2D eigenvalue weighted by Gasteiger charge is 2.25. The molecule has 2 aromatic rings. The summed E-state index contributed by atoms with van der Waals surface area (Å²) >= 11 is 3.38. The number of esters is 1. The van der Waals surface area contributed by atoms with Crippen molar-refractivity contribution in [1.82, 2.24) is 4.98 Å². The number of H-pyrrole nitrogens is 1. The molecule has 1 atom stereocenters. The fourth-order valence-corrected chi connectivity index (χ4v) is 2.85. The molecule has 0 aliphatic rings. The van der Waals surface area contributed by atoms with E-state index in [1.807, 2.05) is 24.3 Å². The van der Waals surface area contributed by atoms with Gasteiger partial charge in [0, 0.05) is 15.9 Å². The van der Waals surface area contributed by atoms with Gasteiger partial charge in [0.25, 0.3) is 0 Å². The van der Waals surface area contributed by atoms with E-state index in [2.05, 4.69) is 26.2 Å². The lowest BCUT2D eigenvalue weighted by Gasteiger charge is -2.14. The van der Waals surface area contributed by atoms with Crippen molar-refractivity contribution in [2.75, 3.05) is 11.9 Å². The molecule has 24 heavy (non-hydrogen) atoms. The van der Waals surface area contributed by atoms with Crippen LogP contribution in [0.1, 0.15) is 46.0 Å². The van der Waals surface area contributed by atoms with Gasteiger partial charge in [0.15, 0.2) is 0 Å². The first-order chi connectivity index (χ1) is 11.3. The number of anilines is 1. The Morgan fingerprint density at radius 1 is 1.25 bits per heavy atom. The van der Waals surface area contributed by atoms with Gasteiger partial charge in [0.2, 0.25) is 5.78 Å². The third-order valence-corrected chi connectivity index (χ3v) is 4.31. The molecule has 1 aromatic heterocycles. The maximum absolute atomic E-state index is 12.7. The number of halogens is 1. The summed E-state index contributed by atoms with van der Waals surface area (Å²) in [6.45, 7) is 7.38. The summed E-state index contributed by atoms with van der Waals surface area (Å²) in [6, 6.07) is 7.17. The molecular formula is C18H21BrN2O3. The summed E-state index contributed by atoms with van der Waals surface area (Å²) in [4.78, 5) is 27.8. The maximum atomic E-state index is 12.7. The molecule has 2 rings (SSSR count). The van der Waals surface area contributed by atoms with Crippen LogP contribution in [0.3, 0.4) is 0 Å². The highest BCUT2D eigenvalue weighted by atomic mass is 79.9. The second-order valence-corrected chi connectivity index (χ2v) is 6.50. The Hall–Kier alpha value is -2.08. The number of hydrogen-bond acceptors (Lipinski definition) is 4. The smallest absolute Gasteiger partial charge is 0.340 e. The minimum absolute atomic E-state index is 0.103. The zero-order valence-electron chi connectivity index (χ0n) is 14.2. The number of carbonyl (C=O) groups excluding carboxylic acids is 2. The van der Waals surface area contributed by atoms with Gasteiger partial charge < -0.3 is 15.0 Å². The lowest BCUT2D eigenvalue weighted by atomic mass is 10.0. The van der Waals surface area contributed by atoms with Crippen molar-refractivity contribution in [2.45, 2.75) is 33.7 Å². The molecule has 0 radical (unpaired) electrons. The summed E-state index contributed by atoms with van der Waals surface area (Å²) in [5.41, 5.74) is 3.00. The largest absolute Gasteiger partial charge is 0.462 e. The van der Waals surface area contributed by atoms with Crippen LogP contribution in [0.2, 0.25) is 0 Å². The first kappa shape index (κ1) is 18.3. The quantitative estimate of drug-likeness (QED) is 0.569. The van der Waals surface area contributed by atoms with E-state index >= 15 is 0 Å². The van der Waals surface area contributed by atoms with Crippen LogP contribution in [0.15, 0.2) is 28.7 Å². The minimum atomic E-state index is -0.432. The van der Waals surface area contributed by atoms with Crippen LogP contribution in [0, 0.1) is 13.8 Å². The Balaban J connectivity index is 2.21. The Bertz CT molecular complexity index is 750. The van der Waals surface area contributed by atoms with Crippen molar-refractivity contribution < 1.29 is 14.3 Å². The Labute approximate surface area is 149 Å². The second-order valence-electron chi connectivity index (χ2n) is 5.58. The number of rotatable bonds is 6. The van der Waals surface area contributed by atoms with Crippen LogP contribution in [0.5, 0.6) is 0 Å². The maximum Gasteiger partial charge on any atom is 0.340 e. The van der Waals surface area contributed by atoms with Gasteiger partial charge in [0.05, 0.1) is 23.9 Å². The summed E-state index contributed by atoms with van der Waals surface area (Å²) in [5, 5.41) is 3.17. The van der Waals surface area contributed by atoms with E-state index in [1.165, 1.54) is 0 Å². The van der Waals surface area contributed by atoms with Gasteiger partial charge in [-0.3, -0.25) is 4.79 Å². The molecule has 0 aliphatic carbocycles. The van der Waals surface area contributed by atoms with Gasteiger partial charge in [-0.05, 0) is 57.5 Å². The van der Waals surface area contributed by atoms with E-state index < -0.39 is 12.0 Å². The fourth-order valence-electron chi connectivity index (χ4n) is 2.58. The van der Waals surface area contributed by atoms with E-state index in [-0.39, 0.29) is 5.78 Å². The van der Waals surface area contributed by atoms with E-state index in [4.69, 9.17) is 4.74 Å². The molecule has 0 spiro atoms. The number of ether oxygens (including phenoxy) is 1. The average Bonchev–Trinajstić information content (AvgIpc) is 2.83. The van der Waals surface area contributed by atoms with Crippen molar-refractivity contribution in [3.63, 3.8) is 0 Å². The molecular weight excluding hydrogens is 372 g/mol. The van der Waals surface area contributed by atoms with Crippen LogP contribution < -0.4 is 5.32 Å². The van der Waals surface area contributed by atoms with Crippen LogP contribution in [-0.4, -0.2) is 29.4 Å². The number of hydrogen-bond donors (Lipinski definition) is 2. The molecule has 6 heteroatoms. The van der Waals surface area contributed by atoms with E-state index in [0.717, 1.165) is 10.2 Å². The number of carbonyl (C=O) groups is 2. The molecule has 0 saturated heterocycles. The first-order valence-corrected chi connectivity index (χ1v) is 8.57. The van der Waals surface area contributed by atoms with Gasteiger partial charge >= 0.3 is 5.97 Å². The average molecular weight is 393 g/mol. The Morgan fingerprint density at radius 3 is 2.46 bits per heavy atom. The lowest BCUT2D eigenvalue weighted by Crippen LogP contribution is -2.27. The molecule has 2 N–H and O–H groups in total. The molecule has 0 fully saturated rings. The third-order valence-electron chi connectivity index (χ3n) is 3.78. The second kappa shape index (κ2) is 7.66. The van der Waals surface area contributed by atoms with Crippen LogP contribution in [0.25, 0.3) is 0 Å². The third kappa shape index (κ3) is 3.87. The van der Waals surface area contributed by atoms with Crippen molar-refractivity contribution in [2.24, 2.45) is 0 Å². The van der Waals surface area contributed by atoms with Crippen molar-refractivity contribution in [3.8, 4) is 0 Å². The molecule has 0 saturated carbocycles. The van der Waals surface area contributed by atoms with Crippen molar-refractivity contribution in [3.05, 3.63) is 51.3 Å². The zero-order chi connectivity index (χ0) is 17.9. The van der Waals surface area contributed by atoms with Crippen molar-refractivity contribution >= 4 is 33.4 Å². The van der Waals surface area contributed by atoms with Crippen LogP contribution in [-0.2, 0) is 4.74 Å². The minimum Gasteiger partial charge on any atom is -0.462 e. The van der Waals surface area contributed by atoms with Gasteiger partial charge in [0.1, 0.15) is 0 Å².